The number of ether oxygens (including phenoxy) is 1. The Bertz CT molecular complexity index is 1210. The van der Waals surface area contributed by atoms with E-state index >= 15 is 0 Å². The number of fused-ring (bicyclic) bond motifs is 1. The van der Waals surface area contributed by atoms with Crippen molar-refractivity contribution in [1.29, 1.82) is 0 Å². The summed E-state index contributed by atoms with van der Waals surface area (Å²) >= 11 is 0. The minimum Gasteiger partial charge on any atom is -0.497 e. The summed E-state index contributed by atoms with van der Waals surface area (Å²) in [6.07, 6.45) is 0. The Balaban J connectivity index is 1.62. The number of hydrogen-bond acceptors (Lipinski definition) is 5. The van der Waals surface area contributed by atoms with Crippen LogP contribution in [-0.2, 0) is 0 Å². The first-order valence-corrected chi connectivity index (χ1v) is 8.60. The third-order valence-corrected chi connectivity index (χ3v) is 4.25. The fourth-order valence-electron chi connectivity index (χ4n) is 2.82. The van der Waals surface area contributed by atoms with Crippen LogP contribution >= 0.6 is 0 Å². The molecule has 0 bridgehead atoms. The molecule has 1 N–H and O–H groups in total. The zero-order chi connectivity index (χ0) is 19.5. The average Bonchev–Trinajstić information content (AvgIpc) is 2.74. The Labute approximate surface area is 160 Å². The largest absolute Gasteiger partial charge is 0.497 e. The molecule has 0 radical (unpaired) electrons. The van der Waals surface area contributed by atoms with Crippen LogP contribution in [0.2, 0.25) is 0 Å². The summed E-state index contributed by atoms with van der Waals surface area (Å²) in [6, 6.07) is 20.8. The number of benzene rings is 3. The van der Waals surface area contributed by atoms with Gasteiger partial charge in [0.2, 0.25) is 5.89 Å². The molecule has 0 fully saturated rings. The van der Waals surface area contributed by atoms with Gasteiger partial charge in [0.25, 0.3) is 5.91 Å². The van der Waals surface area contributed by atoms with E-state index in [1.54, 1.807) is 73.8 Å². The van der Waals surface area contributed by atoms with Crippen LogP contribution in [0.4, 0.5) is 5.69 Å². The summed E-state index contributed by atoms with van der Waals surface area (Å²) < 4.78 is 10.5. The second kappa shape index (κ2) is 7.36. The standard InChI is InChI=1S/C22H16N2O4/c1-27-17-11-9-14(10-12-17)20(25)23-16-6-4-5-15(13-16)21-24-19-8-3-2-7-18(19)22(26)28-21/h2-13H,1H3,(H,23,25). The number of nitrogens with one attached hydrogen (secondary N) is 1. The maximum atomic E-state index is 12.4. The molecule has 0 atom stereocenters. The lowest BCUT2D eigenvalue weighted by Crippen LogP contribution is -2.11. The fraction of sp³-hybridized carbons (Fsp3) is 0.0455. The van der Waals surface area contributed by atoms with E-state index in [9.17, 15) is 9.59 Å². The second-order valence-electron chi connectivity index (χ2n) is 6.09. The monoisotopic (exact) mass is 372 g/mol. The molecule has 138 valence electrons. The van der Waals surface area contributed by atoms with Crippen molar-refractivity contribution in [3.8, 4) is 17.2 Å². The van der Waals surface area contributed by atoms with Gasteiger partial charge in [0.15, 0.2) is 0 Å². The van der Waals surface area contributed by atoms with Gasteiger partial charge in [-0.25, -0.2) is 9.78 Å². The smallest absolute Gasteiger partial charge is 0.347 e. The SMILES string of the molecule is COc1ccc(C(=O)Nc2cccc(-c3nc4ccccc4c(=O)o3)c2)cc1. The third-order valence-electron chi connectivity index (χ3n) is 4.25. The number of anilines is 1. The maximum Gasteiger partial charge on any atom is 0.347 e. The predicted octanol–water partition coefficient (Wildman–Crippen LogP) is 4.12. The van der Waals surface area contributed by atoms with E-state index in [4.69, 9.17) is 9.15 Å². The number of aromatic nitrogens is 1. The summed E-state index contributed by atoms with van der Waals surface area (Å²) in [6.45, 7) is 0. The van der Waals surface area contributed by atoms with Crippen molar-refractivity contribution in [3.05, 3.63) is 88.8 Å². The Morgan fingerprint density at radius 1 is 1.00 bits per heavy atom. The lowest BCUT2D eigenvalue weighted by Gasteiger charge is -2.08. The molecule has 0 saturated carbocycles. The van der Waals surface area contributed by atoms with Crippen LogP contribution in [0, 0.1) is 0 Å². The van der Waals surface area contributed by atoms with Gasteiger partial charge in [-0.2, -0.15) is 0 Å². The van der Waals surface area contributed by atoms with E-state index in [0.29, 0.717) is 33.5 Å². The summed E-state index contributed by atoms with van der Waals surface area (Å²) in [5.41, 5.74) is 1.77. The van der Waals surface area contributed by atoms with Crippen molar-refractivity contribution >= 4 is 22.5 Å². The molecule has 1 amide bonds. The lowest BCUT2D eigenvalue weighted by molar-refractivity contribution is 0.102. The van der Waals surface area contributed by atoms with Crippen LogP contribution < -0.4 is 15.7 Å². The highest BCUT2D eigenvalue weighted by atomic mass is 16.5. The van der Waals surface area contributed by atoms with Gasteiger partial charge in [-0.15, -0.1) is 0 Å². The topological polar surface area (TPSA) is 81.4 Å². The van der Waals surface area contributed by atoms with E-state index < -0.39 is 5.63 Å². The minimum atomic E-state index is -0.451. The normalized spacial score (nSPS) is 10.6. The molecule has 28 heavy (non-hydrogen) atoms. The molecule has 4 rings (SSSR count). The van der Waals surface area contributed by atoms with Gasteiger partial charge in [-0.05, 0) is 54.6 Å². The van der Waals surface area contributed by atoms with Crippen molar-refractivity contribution in [1.82, 2.24) is 4.98 Å². The maximum absolute atomic E-state index is 12.4. The van der Waals surface area contributed by atoms with Gasteiger partial charge in [0.1, 0.15) is 5.75 Å². The number of hydrogen-bond donors (Lipinski definition) is 1. The Kier molecular flexibility index (Phi) is 4.60. The van der Waals surface area contributed by atoms with E-state index in [0.717, 1.165) is 0 Å². The Hall–Kier alpha value is -3.93. The highest BCUT2D eigenvalue weighted by molar-refractivity contribution is 6.04. The number of methoxy groups -OCH3 is 1. The summed E-state index contributed by atoms with van der Waals surface area (Å²) in [5, 5.41) is 3.26. The number of nitrogens with zero attached hydrogens (tertiary/aromatic N) is 1. The van der Waals surface area contributed by atoms with Crippen LogP contribution in [0.3, 0.4) is 0 Å². The van der Waals surface area contributed by atoms with Crippen LogP contribution in [0.25, 0.3) is 22.4 Å². The van der Waals surface area contributed by atoms with Gasteiger partial charge in [-0.3, -0.25) is 4.79 Å². The van der Waals surface area contributed by atoms with E-state index in [2.05, 4.69) is 10.3 Å². The van der Waals surface area contributed by atoms with Crippen molar-refractivity contribution in [2.75, 3.05) is 12.4 Å². The van der Waals surface area contributed by atoms with E-state index in [1.807, 2.05) is 6.07 Å². The number of carbonyl (C=O) groups is 1. The zero-order valence-corrected chi connectivity index (χ0v) is 15.0. The van der Waals surface area contributed by atoms with Crippen molar-refractivity contribution in [2.24, 2.45) is 0 Å². The Morgan fingerprint density at radius 2 is 1.79 bits per heavy atom. The predicted molar refractivity (Wildman–Crippen MR) is 107 cm³/mol. The number of rotatable bonds is 4. The molecule has 6 heteroatoms. The van der Waals surface area contributed by atoms with Crippen LogP contribution in [-0.4, -0.2) is 18.0 Å². The summed E-state index contributed by atoms with van der Waals surface area (Å²) in [5.74, 6) is 0.618. The van der Waals surface area contributed by atoms with Gasteiger partial charge >= 0.3 is 5.63 Å². The van der Waals surface area contributed by atoms with Crippen molar-refractivity contribution in [3.63, 3.8) is 0 Å². The van der Waals surface area contributed by atoms with Crippen molar-refractivity contribution in [2.45, 2.75) is 0 Å². The first-order chi connectivity index (χ1) is 13.6. The van der Waals surface area contributed by atoms with Gasteiger partial charge in [0, 0.05) is 16.8 Å². The van der Waals surface area contributed by atoms with Gasteiger partial charge in [-0.1, -0.05) is 18.2 Å². The molecule has 0 unspecified atom stereocenters. The molecule has 4 aromatic rings. The zero-order valence-electron chi connectivity index (χ0n) is 15.0. The quantitative estimate of drug-likeness (QED) is 0.583. The molecule has 0 spiro atoms. The summed E-state index contributed by atoms with van der Waals surface area (Å²) in [7, 11) is 1.57. The van der Waals surface area contributed by atoms with E-state index in [1.165, 1.54) is 0 Å². The molecule has 0 aliphatic carbocycles. The molecule has 6 nitrogen and oxygen atoms in total. The molecule has 0 aliphatic heterocycles. The minimum absolute atomic E-state index is 0.198. The van der Waals surface area contributed by atoms with Crippen LogP contribution in [0.15, 0.2) is 82.0 Å². The first kappa shape index (κ1) is 17.5. The lowest BCUT2D eigenvalue weighted by atomic mass is 10.1. The number of carbonyl (C=O) groups excluding carboxylic acids is 1. The molecular weight excluding hydrogens is 356 g/mol. The molecule has 0 saturated heterocycles. The fourth-order valence-corrected chi connectivity index (χ4v) is 2.82. The van der Waals surface area contributed by atoms with Gasteiger partial charge in [0.05, 0.1) is 18.0 Å². The first-order valence-electron chi connectivity index (χ1n) is 8.60. The van der Waals surface area contributed by atoms with Crippen LogP contribution in [0.5, 0.6) is 5.75 Å². The Morgan fingerprint density at radius 3 is 2.57 bits per heavy atom. The van der Waals surface area contributed by atoms with Gasteiger partial charge < -0.3 is 14.5 Å². The van der Waals surface area contributed by atoms with Crippen LogP contribution in [0.1, 0.15) is 10.4 Å². The number of para-hydroxylation sites is 1. The molecule has 0 aliphatic rings. The highest BCUT2D eigenvalue weighted by Gasteiger charge is 2.11. The second-order valence-corrected chi connectivity index (χ2v) is 6.09. The van der Waals surface area contributed by atoms with E-state index in [-0.39, 0.29) is 11.8 Å². The highest BCUT2D eigenvalue weighted by Crippen LogP contribution is 2.22. The molecule has 1 heterocycles. The summed E-state index contributed by atoms with van der Waals surface area (Å²) in [4.78, 5) is 29.0. The molecular formula is C22H16N2O4. The third kappa shape index (κ3) is 3.48. The molecule has 1 aromatic heterocycles. The average molecular weight is 372 g/mol. The van der Waals surface area contributed by atoms with Crippen molar-refractivity contribution < 1.29 is 13.9 Å². The molecule has 3 aromatic carbocycles. The number of amides is 1.